The monoisotopic (exact) mass is 228 g/mol. The van der Waals surface area contributed by atoms with Gasteiger partial charge in [0.25, 0.3) is 0 Å². The molecule has 1 aromatic carbocycles. The Morgan fingerprint density at radius 3 is 2.76 bits per heavy atom. The second-order valence-electron chi connectivity index (χ2n) is 5.31. The SMILES string of the molecule is Cc1ccc2cc(CN)n(CC3CCC3)c2c1. The zero-order chi connectivity index (χ0) is 11.8. The van der Waals surface area contributed by atoms with Crippen molar-refractivity contribution in [3.8, 4) is 0 Å². The Morgan fingerprint density at radius 1 is 1.29 bits per heavy atom. The summed E-state index contributed by atoms with van der Waals surface area (Å²) < 4.78 is 2.44. The van der Waals surface area contributed by atoms with Gasteiger partial charge in [-0.15, -0.1) is 0 Å². The van der Waals surface area contributed by atoms with E-state index in [4.69, 9.17) is 5.73 Å². The molecule has 1 fully saturated rings. The van der Waals surface area contributed by atoms with Crippen LogP contribution >= 0.6 is 0 Å². The van der Waals surface area contributed by atoms with Crippen molar-refractivity contribution in [2.75, 3.05) is 0 Å². The molecule has 2 N–H and O–H groups in total. The number of fused-ring (bicyclic) bond motifs is 1. The second kappa shape index (κ2) is 4.19. The molecule has 2 nitrogen and oxygen atoms in total. The minimum Gasteiger partial charge on any atom is -0.343 e. The van der Waals surface area contributed by atoms with Crippen LogP contribution in [-0.2, 0) is 13.1 Å². The van der Waals surface area contributed by atoms with Gasteiger partial charge in [0.15, 0.2) is 0 Å². The smallest absolute Gasteiger partial charge is 0.0485 e. The normalized spacial score (nSPS) is 16.4. The molecule has 1 heterocycles. The summed E-state index contributed by atoms with van der Waals surface area (Å²) in [6, 6.07) is 8.91. The summed E-state index contributed by atoms with van der Waals surface area (Å²) in [5, 5.41) is 1.33. The minimum absolute atomic E-state index is 0.639. The molecule has 0 saturated heterocycles. The highest BCUT2D eigenvalue weighted by Crippen LogP contribution is 2.31. The van der Waals surface area contributed by atoms with Crippen LogP contribution < -0.4 is 5.73 Å². The zero-order valence-electron chi connectivity index (χ0n) is 10.4. The van der Waals surface area contributed by atoms with Crippen LogP contribution in [0.15, 0.2) is 24.3 Å². The Balaban J connectivity index is 2.07. The lowest BCUT2D eigenvalue weighted by molar-refractivity contribution is 0.277. The first-order valence-electron chi connectivity index (χ1n) is 6.57. The molecule has 0 amide bonds. The van der Waals surface area contributed by atoms with Gasteiger partial charge < -0.3 is 10.3 Å². The number of benzene rings is 1. The van der Waals surface area contributed by atoms with Gasteiger partial charge in [0, 0.05) is 24.3 Å². The van der Waals surface area contributed by atoms with Gasteiger partial charge in [-0.05, 0) is 48.8 Å². The highest BCUT2D eigenvalue weighted by molar-refractivity contribution is 5.82. The van der Waals surface area contributed by atoms with Gasteiger partial charge in [-0.25, -0.2) is 0 Å². The molecular weight excluding hydrogens is 208 g/mol. The lowest BCUT2D eigenvalue weighted by Gasteiger charge is -2.27. The molecule has 3 rings (SSSR count). The molecule has 0 radical (unpaired) electrons. The summed E-state index contributed by atoms with van der Waals surface area (Å²) in [6.45, 7) is 3.95. The molecule has 0 spiro atoms. The summed E-state index contributed by atoms with van der Waals surface area (Å²) >= 11 is 0. The van der Waals surface area contributed by atoms with E-state index in [9.17, 15) is 0 Å². The molecule has 0 bridgehead atoms. The number of aromatic nitrogens is 1. The molecule has 1 saturated carbocycles. The molecule has 90 valence electrons. The molecule has 2 aromatic rings. The fourth-order valence-corrected chi connectivity index (χ4v) is 2.74. The van der Waals surface area contributed by atoms with Gasteiger partial charge in [-0.1, -0.05) is 18.6 Å². The van der Waals surface area contributed by atoms with Crippen LogP contribution in [0.3, 0.4) is 0 Å². The number of aryl methyl sites for hydroxylation is 1. The first-order chi connectivity index (χ1) is 8.28. The third-order valence-corrected chi connectivity index (χ3v) is 4.02. The highest BCUT2D eigenvalue weighted by Gasteiger charge is 2.19. The van der Waals surface area contributed by atoms with Crippen LogP contribution in [0.25, 0.3) is 10.9 Å². The fourth-order valence-electron chi connectivity index (χ4n) is 2.74. The van der Waals surface area contributed by atoms with E-state index in [-0.39, 0.29) is 0 Å². The summed E-state index contributed by atoms with van der Waals surface area (Å²) in [4.78, 5) is 0. The summed E-state index contributed by atoms with van der Waals surface area (Å²) in [6.07, 6.45) is 4.17. The van der Waals surface area contributed by atoms with E-state index in [1.165, 1.54) is 41.4 Å². The molecular formula is C15H20N2. The van der Waals surface area contributed by atoms with Crippen molar-refractivity contribution in [1.29, 1.82) is 0 Å². The Morgan fingerprint density at radius 2 is 2.12 bits per heavy atom. The van der Waals surface area contributed by atoms with E-state index in [1.54, 1.807) is 0 Å². The van der Waals surface area contributed by atoms with E-state index in [2.05, 4.69) is 35.8 Å². The molecule has 0 aliphatic heterocycles. The number of nitrogens with two attached hydrogens (primary N) is 1. The Hall–Kier alpha value is -1.28. The molecule has 0 unspecified atom stereocenters. The van der Waals surface area contributed by atoms with E-state index in [0.29, 0.717) is 6.54 Å². The molecule has 1 aliphatic carbocycles. The van der Waals surface area contributed by atoms with Gasteiger partial charge in [-0.3, -0.25) is 0 Å². The number of hydrogen-bond acceptors (Lipinski definition) is 1. The maximum absolute atomic E-state index is 5.87. The Bertz CT molecular complexity index is 535. The van der Waals surface area contributed by atoms with Crippen molar-refractivity contribution >= 4 is 10.9 Å². The first kappa shape index (κ1) is 10.8. The zero-order valence-corrected chi connectivity index (χ0v) is 10.4. The molecule has 0 atom stereocenters. The van der Waals surface area contributed by atoms with Crippen molar-refractivity contribution in [3.63, 3.8) is 0 Å². The number of rotatable bonds is 3. The molecule has 2 heteroatoms. The van der Waals surface area contributed by atoms with Crippen LogP contribution in [-0.4, -0.2) is 4.57 Å². The van der Waals surface area contributed by atoms with E-state index < -0.39 is 0 Å². The van der Waals surface area contributed by atoms with Crippen LogP contribution in [0, 0.1) is 12.8 Å². The average Bonchev–Trinajstić information content (AvgIpc) is 2.61. The third kappa shape index (κ3) is 1.87. The largest absolute Gasteiger partial charge is 0.343 e. The van der Waals surface area contributed by atoms with Crippen molar-refractivity contribution < 1.29 is 0 Å². The number of nitrogens with zero attached hydrogens (tertiary/aromatic N) is 1. The van der Waals surface area contributed by atoms with E-state index in [0.717, 1.165) is 12.5 Å². The van der Waals surface area contributed by atoms with Crippen LogP contribution in [0.1, 0.15) is 30.5 Å². The topological polar surface area (TPSA) is 30.9 Å². The first-order valence-corrected chi connectivity index (χ1v) is 6.57. The lowest BCUT2D eigenvalue weighted by atomic mass is 9.85. The minimum atomic E-state index is 0.639. The molecule has 17 heavy (non-hydrogen) atoms. The number of hydrogen-bond donors (Lipinski definition) is 1. The maximum Gasteiger partial charge on any atom is 0.0485 e. The summed E-state index contributed by atoms with van der Waals surface area (Å²) in [7, 11) is 0. The quantitative estimate of drug-likeness (QED) is 0.859. The average molecular weight is 228 g/mol. The predicted molar refractivity (Wildman–Crippen MR) is 71.9 cm³/mol. The van der Waals surface area contributed by atoms with Gasteiger partial charge >= 0.3 is 0 Å². The van der Waals surface area contributed by atoms with Gasteiger partial charge in [-0.2, -0.15) is 0 Å². The third-order valence-electron chi connectivity index (χ3n) is 4.02. The van der Waals surface area contributed by atoms with E-state index >= 15 is 0 Å². The molecule has 1 aromatic heterocycles. The van der Waals surface area contributed by atoms with Crippen molar-refractivity contribution in [3.05, 3.63) is 35.5 Å². The Kier molecular flexibility index (Phi) is 2.67. The van der Waals surface area contributed by atoms with Crippen LogP contribution in [0.4, 0.5) is 0 Å². The van der Waals surface area contributed by atoms with Gasteiger partial charge in [0.1, 0.15) is 0 Å². The van der Waals surface area contributed by atoms with Crippen LogP contribution in [0.5, 0.6) is 0 Å². The van der Waals surface area contributed by atoms with Crippen molar-refractivity contribution in [2.45, 2.75) is 39.3 Å². The standard InChI is InChI=1S/C15H20N2/c1-11-5-6-13-8-14(9-16)17(15(13)7-11)10-12-3-2-4-12/h5-8,12H,2-4,9-10,16H2,1H3. The second-order valence-corrected chi connectivity index (χ2v) is 5.31. The van der Waals surface area contributed by atoms with Crippen LogP contribution in [0.2, 0.25) is 0 Å². The van der Waals surface area contributed by atoms with Crippen molar-refractivity contribution in [2.24, 2.45) is 11.7 Å². The van der Waals surface area contributed by atoms with Crippen molar-refractivity contribution in [1.82, 2.24) is 4.57 Å². The van der Waals surface area contributed by atoms with Gasteiger partial charge in [0.2, 0.25) is 0 Å². The van der Waals surface area contributed by atoms with Gasteiger partial charge in [0.05, 0.1) is 0 Å². The maximum atomic E-state index is 5.87. The highest BCUT2D eigenvalue weighted by atomic mass is 15.0. The van der Waals surface area contributed by atoms with E-state index in [1.807, 2.05) is 0 Å². The molecule has 1 aliphatic rings. The summed E-state index contributed by atoms with van der Waals surface area (Å²) in [5.74, 6) is 0.872. The fraction of sp³-hybridized carbons (Fsp3) is 0.467. The predicted octanol–water partition coefficient (Wildman–Crippen LogP) is 3.21. The summed E-state index contributed by atoms with van der Waals surface area (Å²) in [5.41, 5.74) is 9.83. The Labute approximate surface area is 102 Å². The lowest BCUT2D eigenvalue weighted by Crippen LogP contribution is -2.20.